The number of ether oxygens (including phenoxy) is 1. The van der Waals surface area contributed by atoms with Gasteiger partial charge in [0.2, 0.25) is 0 Å². The Morgan fingerprint density at radius 3 is 1.81 bits per heavy atom. The first kappa shape index (κ1) is 30.3. The second-order valence-electron chi connectivity index (χ2n) is 9.86. The normalized spacial score (nSPS) is 14.4. The molecule has 2 rings (SSSR count). The van der Waals surface area contributed by atoms with Crippen LogP contribution in [0, 0.1) is 0 Å². The molecular formula is C29H48N2O4S. The van der Waals surface area contributed by atoms with Crippen molar-refractivity contribution in [3.8, 4) is 0 Å². The van der Waals surface area contributed by atoms with Crippen molar-refractivity contribution in [1.82, 2.24) is 4.31 Å². The van der Waals surface area contributed by atoms with Gasteiger partial charge in [-0.05, 0) is 25.5 Å². The lowest BCUT2D eigenvalue weighted by Crippen LogP contribution is -2.41. The molecule has 1 aliphatic rings. The van der Waals surface area contributed by atoms with Gasteiger partial charge in [0.25, 0.3) is 10.0 Å². The van der Waals surface area contributed by atoms with E-state index in [9.17, 15) is 13.2 Å². The highest BCUT2D eigenvalue weighted by molar-refractivity contribution is 7.90. The number of sulfonamides is 1. The molecule has 0 bridgehead atoms. The summed E-state index contributed by atoms with van der Waals surface area (Å²) in [6.45, 7) is 4.60. The van der Waals surface area contributed by atoms with Crippen LogP contribution in [0.1, 0.15) is 123 Å². The van der Waals surface area contributed by atoms with Crippen molar-refractivity contribution < 1.29 is 17.9 Å². The van der Waals surface area contributed by atoms with Gasteiger partial charge in [0, 0.05) is 6.54 Å². The monoisotopic (exact) mass is 520 g/mol. The number of nitrogens with zero attached hydrogens (tertiary/aromatic N) is 2. The summed E-state index contributed by atoms with van der Waals surface area (Å²) in [5.41, 5.74) is 0.389. The molecule has 0 N–H and O–H groups in total. The molecule has 1 aromatic rings. The highest BCUT2D eigenvalue weighted by Gasteiger charge is 2.34. The van der Waals surface area contributed by atoms with Crippen LogP contribution in [0.5, 0.6) is 0 Å². The first-order valence-corrected chi connectivity index (χ1v) is 15.8. The molecule has 0 unspecified atom stereocenters. The largest absolute Gasteiger partial charge is 0.466 e. The summed E-state index contributed by atoms with van der Waals surface area (Å²) in [5.74, 6) is -0.198. The second-order valence-corrected chi connectivity index (χ2v) is 11.7. The summed E-state index contributed by atoms with van der Waals surface area (Å²) in [7, 11) is -3.72. The zero-order chi connectivity index (χ0) is 26.1. The van der Waals surface area contributed by atoms with E-state index in [4.69, 9.17) is 4.74 Å². The first-order chi connectivity index (χ1) is 17.5. The van der Waals surface area contributed by atoms with Crippen LogP contribution in [0.2, 0.25) is 0 Å². The van der Waals surface area contributed by atoms with Gasteiger partial charge in [0.05, 0.1) is 12.3 Å². The van der Waals surface area contributed by atoms with Crippen LogP contribution in [0.3, 0.4) is 0 Å². The standard InChI is InChI=1S/C29H48N2O4S/c1-3-5-6-7-8-9-10-11-12-13-14-15-16-17-18-21-24-31-28(25-29(32)35-4-2)30-26-22-19-20-23-27(26)36(31,33)34/h19-20,22-23H,3-18,21,24-25H2,1-2H3. The minimum atomic E-state index is -3.72. The number of fused-ring (bicyclic) bond motifs is 1. The van der Waals surface area contributed by atoms with E-state index in [0.29, 0.717) is 12.2 Å². The molecule has 204 valence electrons. The van der Waals surface area contributed by atoms with Crippen molar-refractivity contribution in [2.75, 3.05) is 13.2 Å². The minimum Gasteiger partial charge on any atom is -0.466 e. The van der Waals surface area contributed by atoms with Gasteiger partial charge < -0.3 is 4.74 Å². The Labute approximate surface area is 220 Å². The fourth-order valence-electron chi connectivity index (χ4n) is 4.74. The molecule has 0 aromatic heterocycles. The van der Waals surface area contributed by atoms with Gasteiger partial charge in [-0.15, -0.1) is 0 Å². The van der Waals surface area contributed by atoms with Crippen LogP contribution >= 0.6 is 0 Å². The second kappa shape index (κ2) is 17.5. The summed E-state index contributed by atoms with van der Waals surface area (Å²) in [5, 5.41) is 0. The maximum absolute atomic E-state index is 13.2. The van der Waals surface area contributed by atoms with Crippen LogP contribution in [0.4, 0.5) is 5.69 Å². The lowest BCUT2D eigenvalue weighted by molar-refractivity contribution is -0.141. The van der Waals surface area contributed by atoms with Crippen LogP contribution in [0.15, 0.2) is 34.2 Å². The number of aliphatic imine (C=N–C) groups is 1. The number of esters is 1. The molecule has 1 aliphatic heterocycles. The topological polar surface area (TPSA) is 76.0 Å². The van der Waals surface area contributed by atoms with E-state index < -0.39 is 16.0 Å². The molecule has 1 heterocycles. The molecule has 0 atom stereocenters. The number of carbonyl (C=O) groups is 1. The fraction of sp³-hybridized carbons (Fsp3) is 0.724. The summed E-state index contributed by atoms with van der Waals surface area (Å²) < 4.78 is 32.8. The molecule has 0 saturated heterocycles. The molecule has 6 nitrogen and oxygen atoms in total. The van der Waals surface area contributed by atoms with E-state index in [-0.39, 0.29) is 23.8 Å². The van der Waals surface area contributed by atoms with E-state index in [1.54, 1.807) is 31.2 Å². The summed E-state index contributed by atoms with van der Waals surface area (Å²) in [6.07, 6.45) is 20.2. The molecule has 1 aromatic carbocycles. The Hall–Kier alpha value is -1.89. The number of carbonyl (C=O) groups excluding carboxylic acids is 1. The van der Waals surface area contributed by atoms with Crippen LogP contribution in [-0.4, -0.2) is 37.7 Å². The predicted octanol–water partition coefficient (Wildman–Crippen LogP) is 7.94. The third-order valence-electron chi connectivity index (χ3n) is 6.79. The van der Waals surface area contributed by atoms with Gasteiger partial charge in [0.15, 0.2) is 0 Å². The maximum Gasteiger partial charge on any atom is 0.313 e. The molecule has 0 spiro atoms. The quantitative estimate of drug-likeness (QED) is 0.129. The van der Waals surface area contributed by atoms with Crippen molar-refractivity contribution >= 4 is 27.5 Å². The average molecular weight is 521 g/mol. The highest BCUT2D eigenvalue weighted by Crippen LogP contribution is 2.33. The van der Waals surface area contributed by atoms with E-state index in [2.05, 4.69) is 11.9 Å². The third-order valence-corrected chi connectivity index (χ3v) is 8.67. The molecule has 7 heteroatoms. The number of unbranched alkanes of at least 4 members (excludes halogenated alkanes) is 15. The maximum atomic E-state index is 13.2. The van der Waals surface area contributed by atoms with Crippen molar-refractivity contribution in [2.45, 2.75) is 128 Å². The summed E-state index contributed by atoms with van der Waals surface area (Å²) >= 11 is 0. The molecule has 0 radical (unpaired) electrons. The molecule has 0 fully saturated rings. The lowest BCUT2D eigenvalue weighted by atomic mass is 10.0. The van der Waals surface area contributed by atoms with Crippen LogP contribution in [0.25, 0.3) is 0 Å². The van der Waals surface area contributed by atoms with Crippen molar-refractivity contribution in [3.05, 3.63) is 24.3 Å². The van der Waals surface area contributed by atoms with Gasteiger partial charge in [-0.3, -0.25) is 9.10 Å². The molecule has 36 heavy (non-hydrogen) atoms. The van der Waals surface area contributed by atoms with Crippen molar-refractivity contribution in [1.29, 1.82) is 0 Å². The summed E-state index contributed by atoms with van der Waals surface area (Å²) in [6, 6.07) is 6.71. The molecule has 0 amide bonds. The lowest BCUT2D eigenvalue weighted by Gasteiger charge is -2.29. The predicted molar refractivity (Wildman–Crippen MR) is 148 cm³/mol. The van der Waals surface area contributed by atoms with E-state index >= 15 is 0 Å². The number of hydrogen-bond donors (Lipinski definition) is 0. The Bertz CT molecular complexity index is 898. The Kier molecular flexibility index (Phi) is 14.8. The zero-order valence-corrected chi connectivity index (χ0v) is 23.5. The van der Waals surface area contributed by atoms with Gasteiger partial charge >= 0.3 is 5.97 Å². The number of hydrogen-bond acceptors (Lipinski definition) is 5. The van der Waals surface area contributed by atoms with Crippen molar-refractivity contribution in [2.24, 2.45) is 4.99 Å². The smallest absolute Gasteiger partial charge is 0.313 e. The zero-order valence-electron chi connectivity index (χ0n) is 22.7. The molecular weight excluding hydrogens is 472 g/mol. The minimum absolute atomic E-state index is 0.139. The summed E-state index contributed by atoms with van der Waals surface area (Å²) in [4.78, 5) is 16.8. The van der Waals surface area contributed by atoms with Gasteiger partial charge in [-0.1, -0.05) is 115 Å². The van der Waals surface area contributed by atoms with Gasteiger partial charge in [-0.25, -0.2) is 13.4 Å². The Morgan fingerprint density at radius 2 is 1.28 bits per heavy atom. The highest BCUT2D eigenvalue weighted by atomic mass is 32.2. The van der Waals surface area contributed by atoms with E-state index in [0.717, 1.165) is 19.3 Å². The number of benzene rings is 1. The molecule has 0 aliphatic carbocycles. The Balaban J connectivity index is 1.64. The number of para-hydroxylation sites is 1. The third kappa shape index (κ3) is 10.6. The van der Waals surface area contributed by atoms with Crippen LogP contribution in [-0.2, 0) is 19.6 Å². The first-order valence-electron chi connectivity index (χ1n) is 14.4. The van der Waals surface area contributed by atoms with E-state index in [1.165, 1.54) is 87.8 Å². The van der Waals surface area contributed by atoms with Gasteiger partial charge in [-0.2, -0.15) is 0 Å². The molecule has 0 saturated carbocycles. The van der Waals surface area contributed by atoms with Gasteiger partial charge in [0.1, 0.15) is 17.2 Å². The van der Waals surface area contributed by atoms with Crippen LogP contribution < -0.4 is 0 Å². The average Bonchev–Trinajstić information content (AvgIpc) is 2.85. The van der Waals surface area contributed by atoms with Crippen molar-refractivity contribution in [3.63, 3.8) is 0 Å². The number of rotatable bonds is 20. The van der Waals surface area contributed by atoms with E-state index in [1.807, 2.05) is 0 Å². The fourth-order valence-corrected chi connectivity index (χ4v) is 6.36. The number of amidine groups is 1. The Morgan fingerprint density at radius 1 is 0.778 bits per heavy atom. The SMILES string of the molecule is CCCCCCCCCCCCCCCCCCN1C(CC(=O)OCC)=Nc2ccccc2S1(=O)=O.